The van der Waals surface area contributed by atoms with Gasteiger partial charge in [-0.2, -0.15) is 4.31 Å². The topological polar surface area (TPSA) is 40.6 Å². The molecule has 1 aliphatic carbocycles. The molecule has 4 rings (SSSR count). The summed E-state index contributed by atoms with van der Waals surface area (Å²) in [6.45, 7) is 3.79. The van der Waals surface area contributed by atoms with Crippen LogP contribution in [0.15, 0.2) is 47.4 Å². The number of sulfonamides is 1. The Morgan fingerprint density at radius 3 is 2.43 bits per heavy atom. The van der Waals surface area contributed by atoms with Crippen LogP contribution in [-0.4, -0.2) is 49.3 Å². The van der Waals surface area contributed by atoms with Gasteiger partial charge in [0.2, 0.25) is 10.0 Å². The lowest BCUT2D eigenvalue weighted by molar-refractivity contribution is 0.128. The van der Waals surface area contributed by atoms with Gasteiger partial charge < -0.3 is 0 Å². The molecule has 4 nitrogen and oxygen atoms in total. The molecule has 1 unspecified atom stereocenters. The van der Waals surface area contributed by atoms with Crippen LogP contribution in [0.5, 0.6) is 0 Å². The molecular weight excluding hydrogens is 415 g/mol. The van der Waals surface area contributed by atoms with Crippen molar-refractivity contribution in [2.75, 3.05) is 19.6 Å². The Morgan fingerprint density at radius 2 is 1.75 bits per heavy atom. The van der Waals surface area contributed by atoms with Crippen LogP contribution in [-0.2, 0) is 16.4 Å². The minimum Gasteiger partial charge on any atom is -0.297 e. The van der Waals surface area contributed by atoms with Crippen molar-refractivity contribution in [2.24, 2.45) is 0 Å². The molecule has 1 aliphatic heterocycles. The van der Waals surface area contributed by atoms with Crippen LogP contribution in [0.2, 0.25) is 10.0 Å². The van der Waals surface area contributed by atoms with Crippen molar-refractivity contribution in [2.45, 2.75) is 43.2 Å². The SMILES string of the molecule is Cc1cc(S(=O)(=O)N2CCN(C3CC3)CC2Cc2ccccc2)c(Cl)cc1Cl. The van der Waals surface area contributed by atoms with Crippen molar-refractivity contribution in [3.8, 4) is 0 Å². The van der Waals surface area contributed by atoms with E-state index >= 15 is 0 Å². The Kier molecular flexibility index (Phi) is 5.73. The van der Waals surface area contributed by atoms with Crippen molar-refractivity contribution in [3.63, 3.8) is 0 Å². The summed E-state index contributed by atoms with van der Waals surface area (Å²) in [6, 6.07) is 13.7. The first kappa shape index (κ1) is 20.2. The van der Waals surface area contributed by atoms with Gasteiger partial charge >= 0.3 is 0 Å². The molecule has 2 aromatic rings. The van der Waals surface area contributed by atoms with Crippen LogP contribution in [0.25, 0.3) is 0 Å². The number of benzene rings is 2. The quantitative estimate of drug-likeness (QED) is 0.694. The molecule has 0 bridgehead atoms. The lowest BCUT2D eigenvalue weighted by Gasteiger charge is -2.41. The fraction of sp³-hybridized carbons (Fsp3) is 0.429. The molecule has 2 aromatic carbocycles. The molecule has 1 saturated heterocycles. The molecule has 1 saturated carbocycles. The third-order valence-electron chi connectivity index (χ3n) is 5.64. The van der Waals surface area contributed by atoms with Crippen molar-refractivity contribution in [3.05, 3.63) is 63.6 Å². The first-order valence-corrected chi connectivity index (χ1v) is 11.8. The molecule has 1 heterocycles. The molecule has 1 atom stereocenters. The second kappa shape index (κ2) is 7.96. The average Bonchev–Trinajstić information content (AvgIpc) is 3.50. The molecule has 0 aromatic heterocycles. The van der Waals surface area contributed by atoms with Crippen LogP contribution < -0.4 is 0 Å². The molecular formula is C21H24Cl2N2O2S. The van der Waals surface area contributed by atoms with E-state index in [0.29, 0.717) is 29.6 Å². The summed E-state index contributed by atoms with van der Waals surface area (Å²) < 4.78 is 28.7. The zero-order chi connectivity index (χ0) is 19.9. The third-order valence-corrected chi connectivity index (χ3v) is 8.46. The molecule has 0 radical (unpaired) electrons. The molecule has 28 heavy (non-hydrogen) atoms. The van der Waals surface area contributed by atoms with Crippen LogP contribution >= 0.6 is 23.2 Å². The standard InChI is InChI=1S/C21H24Cl2N2O2S/c1-15-11-21(20(23)13-19(15)22)28(26,27)25-10-9-24(17-7-8-17)14-18(25)12-16-5-3-2-4-6-16/h2-6,11,13,17-18H,7-10,12,14H2,1H3. The smallest absolute Gasteiger partial charge is 0.244 e. The predicted octanol–water partition coefficient (Wildman–Crippen LogP) is 4.38. The van der Waals surface area contributed by atoms with E-state index in [1.807, 2.05) is 18.2 Å². The minimum absolute atomic E-state index is 0.117. The summed E-state index contributed by atoms with van der Waals surface area (Å²) >= 11 is 12.4. The Hall–Kier alpha value is -1.11. The summed E-state index contributed by atoms with van der Waals surface area (Å²) in [5, 5.41) is 0.655. The number of piperazine rings is 1. The van der Waals surface area contributed by atoms with Gasteiger partial charge in [0.05, 0.1) is 5.02 Å². The number of hydrogen-bond acceptors (Lipinski definition) is 3. The molecule has 0 amide bonds. The average molecular weight is 439 g/mol. The highest BCUT2D eigenvalue weighted by molar-refractivity contribution is 7.89. The summed E-state index contributed by atoms with van der Waals surface area (Å²) in [7, 11) is -3.71. The van der Waals surface area contributed by atoms with Crippen LogP contribution in [0.3, 0.4) is 0 Å². The fourth-order valence-electron chi connectivity index (χ4n) is 3.96. The molecule has 7 heteroatoms. The fourth-order valence-corrected chi connectivity index (χ4v) is 6.37. The second-order valence-corrected chi connectivity index (χ2v) is 10.4. The normalized spacial score (nSPS) is 21.8. The van der Waals surface area contributed by atoms with Gasteiger partial charge in [-0.1, -0.05) is 53.5 Å². The third kappa shape index (κ3) is 4.10. The first-order valence-electron chi connectivity index (χ1n) is 9.62. The van der Waals surface area contributed by atoms with E-state index in [9.17, 15) is 8.42 Å². The highest BCUT2D eigenvalue weighted by Crippen LogP contribution is 2.34. The van der Waals surface area contributed by atoms with Gasteiger partial charge in [-0.3, -0.25) is 4.90 Å². The summed E-state index contributed by atoms with van der Waals surface area (Å²) in [6.07, 6.45) is 3.12. The van der Waals surface area contributed by atoms with Crippen LogP contribution in [0.1, 0.15) is 24.0 Å². The molecule has 0 spiro atoms. The van der Waals surface area contributed by atoms with E-state index in [-0.39, 0.29) is 16.0 Å². The minimum atomic E-state index is -3.71. The monoisotopic (exact) mass is 438 g/mol. The van der Waals surface area contributed by atoms with Gasteiger partial charge in [0.15, 0.2) is 0 Å². The second-order valence-electron chi connectivity index (χ2n) is 7.72. The highest BCUT2D eigenvalue weighted by atomic mass is 35.5. The first-order chi connectivity index (χ1) is 13.4. The van der Waals surface area contributed by atoms with E-state index in [4.69, 9.17) is 23.2 Å². The van der Waals surface area contributed by atoms with Gasteiger partial charge in [0, 0.05) is 36.7 Å². The van der Waals surface area contributed by atoms with Crippen molar-refractivity contribution in [1.29, 1.82) is 0 Å². The molecule has 2 aliphatic rings. The predicted molar refractivity (Wildman–Crippen MR) is 114 cm³/mol. The largest absolute Gasteiger partial charge is 0.297 e. The van der Waals surface area contributed by atoms with Crippen LogP contribution in [0.4, 0.5) is 0 Å². The lowest BCUT2D eigenvalue weighted by atomic mass is 10.0. The van der Waals surface area contributed by atoms with Gasteiger partial charge in [0.25, 0.3) is 0 Å². The Bertz CT molecular complexity index is 962. The summed E-state index contributed by atoms with van der Waals surface area (Å²) in [4.78, 5) is 2.59. The van der Waals surface area contributed by atoms with Crippen molar-refractivity contribution >= 4 is 33.2 Å². The van der Waals surface area contributed by atoms with Gasteiger partial charge in [-0.05, 0) is 49.4 Å². The maximum atomic E-state index is 13.5. The van der Waals surface area contributed by atoms with E-state index in [1.165, 1.54) is 18.9 Å². The zero-order valence-corrected chi connectivity index (χ0v) is 18.1. The Balaban J connectivity index is 1.67. The van der Waals surface area contributed by atoms with E-state index in [2.05, 4.69) is 17.0 Å². The number of aryl methyl sites for hydroxylation is 1. The number of halogens is 2. The van der Waals surface area contributed by atoms with E-state index in [1.54, 1.807) is 17.3 Å². The van der Waals surface area contributed by atoms with Gasteiger partial charge in [0.1, 0.15) is 4.90 Å². The van der Waals surface area contributed by atoms with Gasteiger partial charge in [-0.15, -0.1) is 0 Å². The number of rotatable bonds is 5. The summed E-state index contributed by atoms with van der Waals surface area (Å²) in [5.41, 5.74) is 1.85. The lowest BCUT2D eigenvalue weighted by Crippen LogP contribution is -2.56. The molecule has 150 valence electrons. The Labute approximate surface area is 177 Å². The van der Waals surface area contributed by atoms with Gasteiger partial charge in [-0.25, -0.2) is 8.42 Å². The highest BCUT2D eigenvalue weighted by Gasteiger charge is 2.41. The molecule has 0 N–H and O–H groups in total. The Morgan fingerprint density at radius 1 is 1.04 bits per heavy atom. The van der Waals surface area contributed by atoms with Crippen molar-refractivity contribution in [1.82, 2.24) is 9.21 Å². The maximum Gasteiger partial charge on any atom is 0.244 e. The van der Waals surface area contributed by atoms with E-state index in [0.717, 1.165) is 18.7 Å². The van der Waals surface area contributed by atoms with Crippen molar-refractivity contribution < 1.29 is 8.42 Å². The zero-order valence-electron chi connectivity index (χ0n) is 15.8. The summed E-state index contributed by atoms with van der Waals surface area (Å²) in [5.74, 6) is 0. The van der Waals surface area contributed by atoms with E-state index < -0.39 is 10.0 Å². The number of hydrogen-bond donors (Lipinski definition) is 0. The van der Waals surface area contributed by atoms with Crippen LogP contribution in [0, 0.1) is 6.92 Å². The number of nitrogens with zero attached hydrogens (tertiary/aromatic N) is 2. The molecule has 2 fully saturated rings. The maximum absolute atomic E-state index is 13.5.